The van der Waals surface area contributed by atoms with E-state index in [4.69, 9.17) is 0 Å². The number of aromatic nitrogens is 2. The summed E-state index contributed by atoms with van der Waals surface area (Å²) in [5.74, 6) is 0. The summed E-state index contributed by atoms with van der Waals surface area (Å²) in [6.07, 6.45) is 6.63. The third-order valence-electron chi connectivity index (χ3n) is 2.94. The first-order chi connectivity index (χ1) is 6.77. The second-order valence-electron chi connectivity index (χ2n) is 3.98. The number of aryl methyl sites for hydroxylation is 1. The van der Waals surface area contributed by atoms with E-state index in [2.05, 4.69) is 10.3 Å². The minimum absolute atomic E-state index is 0.164. The number of hydrogen-bond donors (Lipinski definition) is 2. The summed E-state index contributed by atoms with van der Waals surface area (Å²) in [4.78, 5) is 4.05. The lowest BCUT2D eigenvalue weighted by molar-refractivity contribution is 0.148. The van der Waals surface area contributed by atoms with Crippen LogP contribution in [-0.2, 0) is 13.6 Å². The first-order valence-electron chi connectivity index (χ1n) is 5.14. The maximum atomic E-state index is 9.60. The molecule has 4 heteroatoms. The molecule has 0 amide bonds. The van der Waals surface area contributed by atoms with E-state index < -0.39 is 0 Å². The molecule has 2 atom stereocenters. The number of rotatable bonds is 3. The van der Waals surface area contributed by atoms with E-state index in [0.717, 1.165) is 31.5 Å². The third kappa shape index (κ3) is 1.96. The molecule has 1 heterocycles. The van der Waals surface area contributed by atoms with Gasteiger partial charge in [-0.15, -0.1) is 0 Å². The highest BCUT2D eigenvalue weighted by atomic mass is 16.3. The summed E-state index contributed by atoms with van der Waals surface area (Å²) in [6.45, 7) is 0.790. The molecule has 1 aromatic heterocycles. The minimum atomic E-state index is -0.164. The van der Waals surface area contributed by atoms with E-state index in [1.165, 1.54) is 0 Å². The quantitative estimate of drug-likeness (QED) is 0.735. The van der Waals surface area contributed by atoms with Crippen molar-refractivity contribution >= 4 is 0 Å². The Kier molecular flexibility index (Phi) is 2.84. The molecule has 1 aliphatic carbocycles. The average Bonchev–Trinajstić information content (AvgIpc) is 2.72. The molecular formula is C10H17N3O. The SMILES string of the molecule is Cn1cncc1CN[C@@H]1CCC[C@H]1O. The number of nitrogens with one attached hydrogen (secondary N) is 1. The molecule has 78 valence electrons. The van der Waals surface area contributed by atoms with E-state index in [1.807, 2.05) is 17.8 Å². The smallest absolute Gasteiger partial charge is 0.0945 e. The molecule has 0 aliphatic heterocycles. The van der Waals surface area contributed by atoms with Crippen molar-refractivity contribution in [2.45, 2.75) is 38.0 Å². The number of imidazole rings is 1. The lowest BCUT2D eigenvalue weighted by atomic mass is 10.2. The van der Waals surface area contributed by atoms with Gasteiger partial charge in [-0.05, 0) is 19.3 Å². The van der Waals surface area contributed by atoms with Crippen molar-refractivity contribution in [2.75, 3.05) is 0 Å². The molecule has 0 spiro atoms. The van der Waals surface area contributed by atoms with Crippen LogP contribution in [0.15, 0.2) is 12.5 Å². The summed E-state index contributed by atoms with van der Waals surface area (Å²) in [7, 11) is 1.98. The lowest BCUT2D eigenvalue weighted by Gasteiger charge is -2.16. The predicted octanol–water partition coefficient (Wildman–Crippen LogP) is 0.423. The van der Waals surface area contributed by atoms with Crippen molar-refractivity contribution in [1.82, 2.24) is 14.9 Å². The van der Waals surface area contributed by atoms with Crippen LogP contribution in [0.4, 0.5) is 0 Å². The summed E-state index contributed by atoms with van der Waals surface area (Å²) in [5, 5.41) is 13.0. The van der Waals surface area contributed by atoms with E-state index >= 15 is 0 Å². The highest BCUT2D eigenvalue weighted by Gasteiger charge is 2.24. The van der Waals surface area contributed by atoms with Gasteiger partial charge in [-0.3, -0.25) is 0 Å². The minimum Gasteiger partial charge on any atom is -0.392 e. The van der Waals surface area contributed by atoms with Gasteiger partial charge >= 0.3 is 0 Å². The van der Waals surface area contributed by atoms with Crippen LogP contribution in [-0.4, -0.2) is 26.8 Å². The summed E-state index contributed by atoms with van der Waals surface area (Å²) in [5.41, 5.74) is 1.16. The summed E-state index contributed by atoms with van der Waals surface area (Å²) < 4.78 is 1.99. The Bertz CT molecular complexity index is 297. The van der Waals surface area contributed by atoms with Crippen molar-refractivity contribution in [3.63, 3.8) is 0 Å². The zero-order chi connectivity index (χ0) is 9.97. The second-order valence-corrected chi connectivity index (χ2v) is 3.98. The second kappa shape index (κ2) is 4.11. The molecule has 1 fully saturated rings. The Hall–Kier alpha value is -0.870. The van der Waals surface area contributed by atoms with E-state index in [9.17, 15) is 5.11 Å². The molecule has 0 saturated heterocycles. The van der Waals surface area contributed by atoms with Gasteiger partial charge < -0.3 is 15.0 Å². The average molecular weight is 195 g/mol. The van der Waals surface area contributed by atoms with Crippen molar-refractivity contribution in [3.8, 4) is 0 Å². The fourth-order valence-corrected chi connectivity index (χ4v) is 1.97. The number of aliphatic hydroxyl groups excluding tert-OH is 1. The van der Waals surface area contributed by atoms with Crippen molar-refractivity contribution in [3.05, 3.63) is 18.2 Å². The third-order valence-corrected chi connectivity index (χ3v) is 2.94. The van der Waals surface area contributed by atoms with Gasteiger partial charge in [0.05, 0.1) is 18.1 Å². The van der Waals surface area contributed by atoms with Crippen molar-refractivity contribution in [2.24, 2.45) is 7.05 Å². The molecule has 0 bridgehead atoms. The van der Waals surface area contributed by atoms with Gasteiger partial charge in [-0.2, -0.15) is 0 Å². The van der Waals surface area contributed by atoms with E-state index in [1.54, 1.807) is 6.33 Å². The normalized spacial score (nSPS) is 27.0. The maximum Gasteiger partial charge on any atom is 0.0945 e. The van der Waals surface area contributed by atoms with Crippen molar-refractivity contribution < 1.29 is 5.11 Å². The molecule has 1 aromatic rings. The zero-order valence-electron chi connectivity index (χ0n) is 8.48. The molecule has 4 nitrogen and oxygen atoms in total. The van der Waals surface area contributed by atoms with Crippen LogP contribution < -0.4 is 5.32 Å². The maximum absolute atomic E-state index is 9.60. The summed E-state index contributed by atoms with van der Waals surface area (Å²) >= 11 is 0. The molecule has 1 aliphatic rings. The lowest BCUT2D eigenvalue weighted by Crippen LogP contribution is -2.35. The number of hydrogen-bond acceptors (Lipinski definition) is 3. The zero-order valence-corrected chi connectivity index (χ0v) is 8.48. The monoisotopic (exact) mass is 195 g/mol. The van der Waals surface area contributed by atoms with Crippen LogP contribution in [0.3, 0.4) is 0 Å². The van der Waals surface area contributed by atoms with Gasteiger partial charge in [0.2, 0.25) is 0 Å². The molecule has 1 saturated carbocycles. The van der Waals surface area contributed by atoms with Gasteiger partial charge in [0, 0.05) is 25.8 Å². The summed E-state index contributed by atoms with van der Waals surface area (Å²) in [6, 6.07) is 0.268. The topological polar surface area (TPSA) is 50.1 Å². The van der Waals surface area contributed by atoms with E-state index in [-0.39, 0.29) is 12.1 Å². The molecule has 2 rings (SSSR count). The first kappa shape index (κ1) is 9.68. The Balaban J connectivity index is 1.85. The van der Waals surface area contributed by atoms with Gasteiger partial charge in [0.25, 0.3) is 0 Å². The van der Waals surface area contributed by atoms with Gasteiger partial charge in [-0.25, -0.2) is 4.98 Å². The van der Waals surface area contributed by atoms with Crippen molar-refractivity contribution in [1.29, 1.82) is 0 Å². The molecular weight excluding hydrogens is 178 g/mol. The van der Waals surface area contributed by atoms with Crippen LogP contribution in [0.25, 0.3) is 0 Å². The Morgan fingerprint density at radius 2 is 2.50 bits per heavy atom. The molecule has 14 heavy (non-hydrogen) atoms. The fraction of sp³-hybridized carbons (Fsp3) is 0.700. The Labute approximate surface area is 84.0 Å². The first-order valence-corrected chi connectivity index (χ1v) is 5.14. The molecule has 0 aromatic carbocycles. The van der Waals surface area contributed by atoms with E-state index in [0.29, 0.717) is 0 Å². The van der Waals surface area contributed by atoms with Crippen LogP contribution >= 0.6 is 0 Å². The number of aliphatic hydroxyl groups is 1. The highest BCUT2D eigenvalue weighted by molar-refractivity contribution is 4.98. The standard InChI is InChI=1S/C10H17N3O/c1-13-7-11-5-8(13)6-12-9-3-2-4-10(9)14/h5,7,9-10,12,14H,2-4,6H2,1H3/t9-,10-/m1/s1. The largest absolute Gasteiger partial charge is 0.392 e. The molecule has 0 unspecified atom stereocenters. The Morgan fingerprint density at radius 3 is 3.07 bits per heavy atom. The molecule has 2 N–H and O–H groups in total. The molecule has 0 radical (unpaired) electrons. The van der Waals surface area contributed by atoms with Gasteiger partial charge in [-0.1, -0.05) is 0 Å². The van der Waals surface area contributed by atoms with Gasteiger partial charge in [0.15, 0.2) is 0 Å². The van der Waals surface area contributed by atoms with Gasteiger partial charge in [0.1, 0.15) is 0 Å². The van der Waals surface area contributed by atoms with Crippen LogP contribution in [0, 0.1) is 0 Å². The predicted molar refractivity (Wildman–Crippen MR) is 53.7 cm³/mol. The van der Waals surface area contributed by atoms with Crippen LogP contribution in [0.2, 0.25) is 0 Å². The van der Waals surface area contributed by atoms with Crippen LogP contribution in [0.1, 0.15) is 25.0 Å². The highest BCUT2D eigenvalue weighted by Crippen LogP contribution is 2.18. The van der Waals surface area contributed by atoms with Crippen LogP contribution in [0.5, 0.6) is 0 Å². The Morgan fingerprint density at radius 1 is 1.64 bits per heavy atom. The fourth-order valence-electron chi connectivity index (χ4n) is 1.97. The number of nitrogens with zero attached hydrogens (tertiary/aromatic N) is 2.